The topological polar surface area (TPSA) is 102 Å². The Morgan fingerprint density at radius 1 is 0.738 bits per heavy atom. The zero-order valence-electron chi connectivity index (χ0n) is 39.3. The van der Waals surface area contributed by atoms with Crippen molar-refractivity contribution in [2.45, 2.75) is 170 Å². The van der Waals surface area contributed by atoms with Crippen LogP contribution in [0.15, 0.2) is 30.3 Å². The highest BCUT2D eigenvalue weighted by Crippen LogP contribution is 2.78. The first-order valence-electron chi connectivity index (χ1n) is 24.7. The number of carbonyl (C=O) groups excluding carboxylic acids is 2. The smallest absolute Gasteiger partial charge is 0.309 e. The van der Waals surface area contributed by atoms with E-state index in [1.165, 1.54) is 64.2 Å². The Kier molecular flexibility index (Phi) is 10.9. The van der Waals surface area contributed by atoms with Crippen LogP contribution in [0, 0.1) is 73.9 Å². The first-order chi connectivity index (χ1) is 28.6. The summed E-state index contributed by atoms with van der Waals surface area (Å²) in [6.07, 6.45) is 15.4. The molecule has 61 heavy (non-hydrogen) atoms. The molecule has 1 aromatic rings. The molecule has 340 valence electrons. The molecule has 0 spiro atoms. The van der Waals surface area contributed by atoms with E-state index < -0.39 is 15.3 Å². The predicted octanol–water partition coefficient (Wildman–Crippen LogP) is 9.65. The summed E-state index contributed by atoms with van der Waals surface area (Å²) < 4.78 is 36.8. The highest BCUT2D eigenvalue weighted by molar-refractivity contribution is 7.91. The van der Waals surface area contributed by atoms with E-state index in [1.807, 2.05) is 44.2 Å². The summed E-state index contributed by atoms with van der Waals surface area (Å²) in [7, 11) is -2.89. The van der Waals surface area contributed by atoms with Crippen molar-refractivity contribution in [2.24, 2.45) is 73.9 Å². The lowest BCUT2D eigenvalue weighted by atomic mass is 9.32. The van der Waals surface area contributed by atoms with Crippen LogP contribution in [0.25, 0.3) is 0 Å². The average Bonchev–Trinajstić information content (AvgIpc) is 3.83. The lowest BCUT2D eigenvalue weighted by Gasteiger charge is -2.73. The maximum Gasteiger partial charge on any atom is 0.309 e. The van der Waals surface area contributed by atoms with Crippen LogP contribution < -0.4 is 5.32 Å². The van der Waals surface area contributed by atoms with Crippen LogP contribution in [0.4, 0.5) is 0 Å². The van der Waals surface area contributed by atoms with Crippen molar-refractivity contribution in [1.29, 1.82) is 0 Å². The van der Waals surface area contributed by atoms with E-state index in [4.69, 9.17) is 9.47 Å². The normalized spacial score (nSPS) is 44.5. The monoisotopic (exact) mass is 861 g/mol. The third-order valence-corrected chi connectivity index (χ3v) is 23.0. The molecule has 7 saturated carbocycles. The van der Waals surface area contributed by atoms with Gasteiger partial charge in [0.05, 0.1) is 23.3 Å². The van der Waals surface area contributed by atoms with Gasteiger partial charge in [0.2, 0.25) is 0 Å². The lowest BCUT2D eigenvalue weighted by molar-refractivity contribution is -0.250. The summed E-state index contributed by atoms with van der Waals surface area (Å²) in [6.45, 7) is 24.5. The van der Waals surface area contributed by atoms with Crippen LogP contribution in [0.3, 0.4) is 0 Å². The summed E-state index contributed by atoms with van der Waals surface area (Å²) in [5, 5.41) is 4.35. The first kappa shape index (κ1) is 44.2. The zero-order valence-corrected chi connectivity index (χ0v) is 40.1. The molecule has 0 bridgehead atoms. The van der Waals surface area contributed by atoms with Gasteiger partial charge < -0.3 is 14.8 Å². The molecule has 0 radical (unpaired) electrons. The molecular weight excluding hydrogens is 781 g/mol. The number of nitrogens with zero attached hydrogens (tertiary/aromatic N) is 1. The highest BCUT2D eigenvalue weighted by Gasteiger charge is 2.72. The molecule has 0 amide bonds. The van der Waals surface area contributed by atoms with Crippen molar-refractivity contribution in [2.75, 3.05) is 31.1 Å². The molecule has 9 heteroatoms. The second-order valence-corrected chi connectivity index (χ2v) is 26.9. The van der Waals surface area contributed by atoms with Gasteiger partial charge in [-0.05, 0) is 153 Å². The number of hydrogen-bond acceptors (Lipinski definition) is 8. The van der Waals surface area contributed by atoms with Gasteiger partial charge >= 0.3 is 11.9 Å². The minimum atomic E-state index is -2.89. The van der Waals surface area contributed by atoms with Gasteiger partial charge in [0.1, 0.15) is 12.7 Å². The molecule has 8 nitrogen and oxygen atoms in total. The molecule has 8 fully saturated rings. The molecule has 1 N–H and O–H groups in total. The van der Waals surface area contributed by atoms with E-state index in [1.54, 1.807) is 0 Å². The highest BCUT2D eigenvalue weighted by atomic mass is 32.2. The Bertz CT molecular complexity index is 1950. The number of esters is 2. The van der Waals surface area contributed by atoms with E-state index in [0.29, 0.717) is 66.1 Å². The second-order valence-electron chi connectivity index (χ2n) is 24.6. The van der Waals surface area contributed by atoms with Gasteiger partial charge in [-0.25, -0.2) is 8.42 Å². The molecule has 13 atom stereocenters. The Labute approximate surface area is 369 Å². The number of ether oxygens (including phenoxy) is 2. The van der Waals surface area contributed by atoms with Crippen LogP contribution >= 0.6 is 0 Å². The number of nitrogens with one attached hydrogen (secondary N) is 1. The fourth-order valence-electron chi connectivity index (χ4n) is 16.9. The van der Waals surface area contributed by atoms with Gasteiger partial charge in [0.25, 0.3) is 0 Å². The van der Waals surface area contributed by atoms with Crippen molar-refractivity contribution in [3.8, 4) is 0 Å². The quantitative estimate of drug-likeness (QED) is 0.232. The van der Waals surface area contributed by atoms with E-state index >= 15 is 0 Å². The van der Waals surface area contributed by atoms with Crippen molar-refractivity contribution < 1.29 is 27.5 Å². The van der Waals surface area contributed by atoms with Crippen LogP contribution in [0.1, 0.15) is 151 Å². The maximum absolute atomic E-state index is 14.1. The third-order valence-electron chi connectivity index (χ3n) is 21.4. The van der Waals surface area contributed by atoms with Crippen molar-refractivity contribution in [1.82, 2.24) is 10.2 Å². The fourth-order valence-corrected chi connectivity index (χ4v) is 18.1. The largest absolute Gasteiger partial charge is 0.462 e. The van der Waals surface area contributed by atoms with Crippen LogP contribution in [-0.2, 0) is 35.5 Å². The van der Waals surface area contributed by atoms with Gasteiger partial charge in [0, 0.05) is 36.6 Å². The molecule has 1 aromatic carbocycles. The molecule has 1 unspecified atom stereocenters. The number of carbonyl (C=O) groups is 2. The molecule has 0 aromatic heterocycles. The van der Waals surface area contributed by atoms with Gasteiger partial charge in [0.15, 0.2) is 9.84 Å². The van der Waals surface area contributed by atoms with Crippen LogP contribution in [0.5, 0.6) is 0 Å². The molecule has 1 heterocycles. The number of rotatable bonds is 10. The summed E-state index contributed by atoms with van der Waals surface area (Å²) >= 11 is 0. The lowest BCUT2D eigenvalue weighted by Crippen LogP contribution is -2.69. The van der Waals surface area contributed by atoms with Gasteiger partial charge in [-0.1, -0.05) is 85.7 Å². The Hall–Kier alpha value is -1.97. The minimum absolute atomic E-state index is 0.120. The van der Waals surface area contributed by atoms with E-state index in [0.717, 1.165) is 30.9 Å². The molecule has 9 rings (SSSR count). The predicted molar refractivity (Wildman–Crippen MR) is 241 cm³/mol. The standard InChI is InChI=1S/C52H80N2O6S/c1-34(54-27-29-61(57,58)30-28-54)32-53-52-22-17-36(48(6)23-24-48)43(52)37-15-16-41-49(7)20-19-42(47(4,5)40(49)18-21-51(41,9)50(37,8)25-26-52)60-45(56)39-31-38(46(39,2)3)44(55)59-33-35-13-11-10-12-14-35/h10-14,34,36-43,53H,15-33H2,1-9H3/t34-,36?,37+,38-,39+,40-,41+,42-,43+,49-,50+,51+,52-/m0/s1. The van der Waals surface area contributed by atoms with Crippen molar-refractivity contribution >= 4 is 21.8 Å². The van der Waals surface area contributed by atoms with Gasteiger partial charge in [-0.3, -0.25) is 14.5 Å². The number of fused-ring (bicyclic) bond motifs is 7. The van der Waals surface area contributed by atoms with Crippen LogP contribution in [-0.4, -0.2) is 74.1 Å². The SMILES string of the molecule is C[C@@H](CN[C@]12CCC(C3(C)CC3)[C@@H]1[C@H]1CC[C@@H]3[C@@]4(C)CC[C@H](OC(=O)[C@H]5C[C@@H](C(=O)OCc6ccccc6)C5(C)C)C(C)(C)[C@@H]4CC[C@@]3(C)[C@]1(C)CC2)N1CCS(=O)(=O)CC1. The number of benzene rings is 1. The maximum atomic E-state index is 14.1. The average molecular weight is 861 g/mol. The first-order valence-corrected chi connectivity index (χ1v) is 26.5. The van der Waals surface area contributed by atoms with E-state index in [-0.39, 0.29) is 63.7 Å². The van der Waals surface area contributed by atoms with Crippen molar-refractivity contribution in [3.05, 3.63) is 35.9 Å². The minimum Gasteiger partial charge on any atom is -0.462 e. The third kappa shape index (κ3) is 7.03. The van der Waals surface area contributed by atoms with E-state index in [2.05, 4.69) is 58.7 Å². The molecule has 1 saturated heterocycles. The summed E-state index contributed by atoms with van der Waals surface area (Å²) in [4.78, 5) is 29.7. The van der Waals surface area contributed by atoms with Gasteiger partial charge in [-0.15, -0.1) is 0 Å². The fraction of sp³-hybridized carbons (Fsp3) is 0.846. The summed E-state index contributed by atoms with van der Waals surface area (Å²) in [5.41, 5.74) is 1.74. The Balaban J connectivity index is 0.882. The Morgan fingerprint density at radius 3 is 2.10 bits per heavy atom. The van der Waals surface area contributed by atoms with Gasteiger partial charge in [-0.2, -0.15) is 0 Å². The number of sulfone groups is 1. The molecule has 7 aliphatic carbocycles. The summed E-state index contributed by atoms with van der Waals surface area (Å²) in [6, 6.07) is 10.1. The van der Waals surface area contributed by atoms with Crippen LogP contribution in [0.2, 0.25) is 0 Å². The van der Waals surface area contributed by atoms with E-state index in [9.17, 15) is 18.0 Å². The Morgan fingerprint density at radius 2 is 1.43 bits per heavy atom. The summed E-state index contributed by atoms with van der Waals surface area (Å²) in [5.74, 6) is 2.98. The molecular formula is C52H80N2O6S. The molecule has 8 aliphatic rings. The zero-order chi connectivity index (χ0) is 43.6. The van der Waals surface area contributed by atoms with Crippen molar-refractivity contribution in [3.63, 3.8) is 0 Å². The molecule has 1 aliphatic heterocycles. The second kappa shape index (κ2) is 15.0. The number of hydrogen-bond donors (Lipinski definition) is 1.